The standard InChI is InChI=1S/C12H16O4/c1-12(2)15-10(13)9(11(14)16-12)8-6-4-3-5-7-8/h3-7H2,1-2H3. The Morgan fingerprint density at radius 3 is 1.94 bits per heavy atom. The molecule has 0 bridgehead atoms. The van der Waals surface area contributed by atoms with E-state index in [2.05, 4.69) is 0 Å². The summed E-state index contributed by atoms with van der Waals surface area (Å²) in [5.74, 6) is -2.19. The lowest BCUT2D eigenvalue weighted by Crippen LogP contribution is -2.42. The van der Waals surface area contributed by atoms with Crippen molar-refractivity contribution in [2.45, 2.75) is 51.7 Å². The maximum atomic E-state index is 11.7. The Hall–Kier alpha value is -1.32. The maximum absolute atomic E-state index is 11.7. The fourth-order valence-electron chi connectivity index (χ4n) is 2.17. The quantitative estimate of drug-likeness (QED) is 0.359. The summed E-state index contributed by atoms with van der Waals surface area (Å²) < 4.78 is 10.1. The highest BCUT2D eigenvalue weighted by Crippen LogP contribution is 2.31. The van der Waals surface area contributed by atoms with Crippen LogP contribution in [0.3, 0.4) is 0 Å². The van der Waals surface area contributed by atoms with Crippen molar-refractivity contribution in [2.75, 3.05) is 0 Å². The number of allylic oxidation sites excluding steroid dienone is 1. The van der Waals surface area contributed by atoms with Crippen LogP contribution >= 0.6 is 0 Å². The molecule has 1 saturated carbocycles. The van der Waals surface area contributed by atoms with Gasteiger partial charge in [-0.15, -0.1) is 0 Å². The Bertz CT molecular complexity index is 335. The molecule has 1 aliphatic heterocycles. The summed E-state index contributed by atoms with van der Waals surface area (Å²) in [7, 11) is 0. The minimum absolute atomic E-state index is 0.138. The Morgan fingerprint density at radius 1 is 0.938 bits per heavy atom. The van der Waals surface area contributed by atoms with Crippen molar-refractivity contribution in [1.29, 1.82) is 0 Å². The van der Waals surface area contributed by atoms with Gasteiger partial charge in [0.1, 0.15) is 5.57 Å². The minimum atomic E-state index is -1.13. The number of hydrogen-bond donors (Lipinski definition) is 0. The Kier molecular flexibility index (Phi) is 2.74. The number of rotatable bonds is 0. The van der Waals surface area contributed by atoms with Gasteiger partial charge < -0.3 is 9.47 Å². The molecule has 1 aliphatic carbocycles. The van der Waals surface area contributed by atoms with Gasteiger partial charge in [-0.25, -0.2) is 9.59 Å². The summed E-state index contributed by atoms with van der Waals surface area (Å²) in [4.78, 5) is 23.5. The zero-order valence-electron chi connectivity index (χ0n) is 9.67. The van der Waals surface area contributed by atoms with Gasteiger partial charge in [0.15, 0.2) is 0 Å². The van der Waals surface area contributed by atoms with Crippen LogP contribution in [-0.4, -0.2) is 17.7 Å². The van der Waals surface area contributed by atoms with Crippen LogP contribution in [0.5, 0.6) is 0 Å². The highest BCUT2D eigenvalue weighted by atomic mass is 16.7. The van der Waals surface area contributed by atoms with E-state index in [-0.39, 0.29) is 5.57 Å². The van der Waals surface area contributed by atoms with Crippen LogP contribution in [0.15, 0.2) is 11.1 Å². The van der Waals surface area contributed by atoms with Gasteiger partial charge in [-0.05, 0) is 31.3 Å². The molecule has 2 fully saturated rings. The number of carbonyl (C=O) groups is 2. The van der Waals surface area contributed by atoms with Crippen molar-refractivity contribution >= 4 is 11.9 Å². The van der Waals surface area contributed by atoms with Crippen molar-refractivity contribution in [1.82, 2.24) is 0 Å². The topological polar surface area (TPSA) is 52.6 Å². The lowest BCUT2D eigenvalue weighted by Gasteiger charge is -2.31. The van der Waals surface area contributed by atoms with Crippen LogP contribution < -0.4 is 0 Å². The fourth-order valence-corrected chi connectivity index (χ4v) is 2.17. The first-order chi connectivity index (χ1) is 7.49. The number of esters is 2. The molecule has 0 aromatic rings. The molecule has 4 nitrogen and oxygen atoms in total. The van der Waals surface area contributed by atoms with Crippen LogP contribution in [0.1, 0.15) is 46.0 Å². The van der Waals surface area contributed by atoms with Crippen LogP contribution in [-0.2, 0) is 19.1 Å². The van der Waals surface area contributed by atoms with E-state index in [4.69, 9.17) is 9.47 Å². The molecule has 0 spiro atoms. The normalized spacial score (nSPS) is 25.1. The molecule has 0 aromatic heterocycles. The van der Waals surface area contributed by atoms with E-state index in [0.717, 1.165) is 37.7 Å². The molecule has 0 atom stereocenters. The van der Waals surface area contributed by atoms with Crippen LogP contribution in [0.2, 0.25) is 0 Å². The van der Waals surface area contributed by atoms with Crippen molar-refractivity contribution in [3.63, 3.8) is 0 Å². The predicted molar refractivity (Wildman–Crippen MR) is 56.4 cm³/mol. The van der Waals surface area contributed by atoms with Crippen LogP contribution in [0.4, 0.5) is 0 Å². The van der Waals surface area contributed by atoms with Crippen molar-refractivity contribution in [3.8, 4) is 0 Å². The third-order valence-electron chi connectivity index (χ3n) is 2.90. The van der Waals surface area contributed by atoms with Crippen LogP contribution in [0, 0.1) is 0 Å². The van der Waals surface area contributed by atoms with Crippen molar-refractivity contribution in [2.24, 2.45) is 0 Å². The molecule has 2 aliphatic rings. The van der Waals surface area contributed by atoms with Gasteiger partial charge in [0.2, 0.25) is 0 Å². The predicted octanol–water partition coefficient (Wildman–Crippen LogP) is 2.08. The summed E-state index contributed by atoms with van der Waals surface area (Å²) in [6.45, 7) is 3.12. The fraction of sp³-hybridized carbons (Fsp3) is 0.667. The van der Waals surface area contributed by atoms with Gasteiger partial charge >= 0.3 is 11.9 Å². The smallest absolute Gasteiger partial charge is 0.348 e. The average Bonchev–Trinajstić information content (AvgIpc) is 2.16. The zero-order chi connectivity index (χ0) is 11.8. The van der Waals surface area contributed by atoms with Gasteiger partial charge in [0.25, 0.3) is 5.79 Å². The van der Waals surface area contributed by atoms with Crippen molar-refractivity contribution in [3.05, 3.63) is 11.1 Å². The van der Waals surface area contributed by atoms with E-state index in [1.807, 2.05) is 0 Å². The average molecular weight is 224 g/mol. The number of carbonyl (C=O) groups excluding carboxylic acids is 2. The highest BCUT2D eigenvalue weighted by Gasteiger charge is 2.40. The highest BCUT2D eigenvalue weighted by molar-refractivity contribution is 6.16. The van der Waals surface area contributed by atoms with E-state index in [1.54, 1.807) is 13.8 Å². The first-order valence-electron chi connectivity index (χ1n) is 5.68. The summed E-state index contributed by atoms with van der Waals surface area (Å²) in [5, 5.41) is 0. The monoisotopic (exact) mass is 224 g/mol. The van der Waals surface area contributed by atoms with E-state index in [0.29, 0.717) is 0 Å². The molecular weight excluding hydrogens is 208 g/mol. The van der Waals surface area contributed by atoms with Gasteiger partial charge in [0, 0.05) is 13.8 Å². The second-order valence-electron chi connectivity index (χ2n) is 4.72. The first kappa shape index (κ1) is 11.2. The molecule has 0 aromatic carbocycles. The third-order valence-corrected chi connectivity index (χ3v) is 2.90. The summed E-state index contributed by atoms with van der Waals surface area (Å²) in [6, 6.07) is 0. The minimum Gasteiger partial charge on any atom is -0.419 e. The lowest BCUT2D eigenvalue weighted by atomic mass is 9.90. The second-order valence-corrected chi connectivity index (χ2v) is 4.72. The molecule has 2 rings (SSSR count). The number of ether oxygens (including phenoxy) is 2. The molecule has 1 heterocycles. The molecule has 4 heteroatoms. The summed E-state index contributed by atoms with van der Waals surface area (Å²) in [6.07, 6.45) is 4.83. The molecule has 0 N–H and O–H groups in total. The molecule has 16 heavy (non-hydrogen) atoms. The number of hydrogen-bond acceptors (Lipinski definition) is 4. The molecule has 0 unspecified atom stereocenters. The maximum Gasteiger partial charge on any atom is 0.348 e. The summed E-state index contributed by atoms with van der Waals surface area (Å²) >= 11 is 0. The molecule has 0 radical (unpaired) electrons. The number of cyclic esters (lactones) is 2. The van der Waals surface area contributed by atoms with Crippen molar-refractivity contribution < 1.29 is 19.1 Å². The second kappa shape index (κ2) is 3.92. The van der Waals surface area contributed by atoms with E-state index in [9.17, 15) is 9.59 Å². The third kappa shape index (κ3) is 2.10. The molecule has 1 saturated heterocycles. The van der Waals surface area contributed by atoms with Crippen LogP contribution in [0.25, 0.3) is 0 Å². The van der Waals surface area contributed by atoms with E-state index < -0.39 is 17.7 Å². The van der Waals surface area contributed by atoms with Gasteiger partial charge in [0.05, 0.1) is 0 Å². The Labute approximate surface area is 94.6 Å². The molecule has 0 amide bonds. The van der Waals surface area contributed by atoms with E-state index >= 15 is 0 Å². The Morgan fingerprint density at radius 2 is 1.44 bits per heavy atom. The SMILES string of the molecule is CC1(C)OC(=O)C(=C2CCCCC2)C(=O)O1. The van der Waals surface area contributed by atoms with Gasteiger partial charge in [-0.2, -0.15) is 0 Å². The summed E-state index contributed by atoms with van der Waals surface area (Å²) in [5.41, 5.74) is 1.04. The Balaban J connectivity index is 2.28. The van der Waals surface area contributed by atoms with Gasteiger partial charge in [-0.3, -0.25) is 0 Å². The largest absolute Gasteiger partial charge is 0.419 e. The van der Waals surface area contributed by atoms with E-state index in [1.165, 1.54) is 0 Å². The zero-order valence-corrected chi connectivity index (χ0v) is 9.67. The van der Waals surface area contributed by atoms with Gasteiger partial charge in [-0.1, -0.05) is 6.42 Å². The first-order valence-corrected chi connectivity index (χ1v) is 5.68. The lowest BCUT2D eigenvalue weighted by molar-refractivity contribution is -0.222. The molecular formula is C12H16O4. The molecule has 88 valence electrons.